The zero-order valence-corrected chi connectivity index (χ0v) is 17.3. The molecule has 0 radical (unpaired) electrons. The van der Waals surface area contributed by atoms with Crippen LogP contribution in [-0.4, -0.2) is 17.4 Å². The summed E-state index contributed by atoms with van der Waals surface area (Å²) in [6.45, 7) is 1.16. The van der Waals surface area contributed by atoms with Gasteiger partial charge in [-0.05, 0) is 86.0 Å². The molecule has 2 aromatic rings. The summed E-state index contributed by atoms with van der Waals surface area (Å²) >= 11 is 1.49. The Morgan fingerprint density at radius 1 is 1.14 bits per heavy atom. The van der Waals surface area contributed by atoms with Crippen molar-refractivity contribution in [2.75, 3.05) is 6.54 Å². The van der Waals surface area contributed by atoms with Crippen LogP contribution in [0.3, 0.4) is 0 Å². The van der Waals surface area contributed by atoms with E-state index in [1.165, 1.54) is 62.0 Å². The van der Waals surface area contributed by atoms with E-state index in [1.54, 1.807) is 12.1 Å². The van der Waals surface area contributed by atoms with Gasteiger partial charge in [-0.2, -0.15) is 0 Å². The molecular weight excluding hydrogens is 387 g/mol. The zero-order chi connectivity index (χ0) is 19.8. The number of hydrogen-bond acceptors (Lipinski definition) is 4. The molecule has 1 N–H and O–H groups in total. The summed E-state index contributed by atoms with van der Waals surface area (Å²) in [7, 11) is 0. The Labute approximate surface area is 174 Å². The average Bonchev–Trinajstić information content (AvgIpc) is 3.12. The molecule has 1 heterocycles. The highest BCUT2D eigenvalue weighted by molar-refractivity contribution is 7.09. The number of ether oxygens (including phenoxy) is 1. The summed E-state index contributed by atoms with van der Waals surface area (Å²) in [4.78, 5) is 17.0. The van der Waals surface area contributed by atoms with E-state index in [-0.39, 0.29) is 11.7 Å². The topological polar surface area (TPSA) is 51.2 Å². The minimum absolute atomic E-state index is 0.0667. The fourth-order valence-electron chi connectivity index (χ4n) is 6.19. The van der Waals surface area contributed by atoms with Gasteiger partial charge >= 0.3 is 0 Å². The number of carbonyl (C=O) groups is 1. The molecule has 1 aromatic heterocycles. The van der Waals surface area contributed by atoms with Gasteiger partial charge in [0.25, 0.3) is 0 Å². The molecule has 0 spiro atoms. The second kappa shape index (κ2) is 7.71. The van der Waals surface area contributed by atoms with Crippen molar-refractivity contribution >= 4 is 17.2 Å². The highest BCUT2D eigenvalue weighted by atomic mass is 32.1. The van der Waals surface area contributed by atoms with E-state index in [2.05, 4.69) is 10.3 Å². The van der Waals surface area contributed by atoms with E-state index in [4.69, 9.17) is 4.74 Å². The highest BCUT2D eigenvalue weighted by Gasteiger charge is 2.50. The van der Waals surface area contributed by atoms with Crippen LogP contribution in [-0.2, 0) is 17.8 Å². The Morgan fingerprint density at radius 2 is 1.79 bits per heavy atom. The summed E-state index contributed by atoms with van der Waals surface area (Å²) in [6, 6.07) is 5.94. The third-order valence-electron chi connectivity index (χ3n) is 6.94. The van der Waals surface area contributed by atoms with Gasteiger partial charge in [-0.3, -0.25) is 4.79 Å². The molecule has 6 rings (SSSR count). The van der Waals surface area contributed by atoms with Gasteiger partial charge in [0.2, 0.25) is 5.91 Å². The van der Waals surface area contributed by atoms with E-state index < -0.39 is 0 Å². The first-order chi connectivity index (χ1) is 14.1. The van der Waals surface area contributed by atoms with E-state index in [1.807, 2.05) is 5.38 Å². The first kappa shape index (κ1) is 19.0. The molecule has 4 nitrogen and oxygen atoms in total. The standard InChI is InChI=1S/C23H27FN2O2S/c24-18-1-3-20(4-2-18)28-12-22-26-19(13-29-22)8-21(27)25-14-23-9-15-5-16(10-23)7-17(6-15)11-23/h1-4,13,15-17H,5-12,14H2,(H,25,27). The number of nitrogens with zero attached hydrogens (tertiary/aromatic N) is 1. The van der Waals surface area contributed by atoms with Crippen molar-refractivity contribution < 1.29 is 13.9 Å². The number of thiazole rings is 1. The van der Waals surface area contributed by atoms with Crippen LogP contribution in [0.1, 0.15) is 49.2 Å². The lowest BCUT2D eigenvalue weighted by molar-refractivity contribution is -0.122. The maximum atomic E-state index is 12.9. The van der Waals surface area contributed by atoms with Crippen molar-refractivity contribution in [3.8, 4) is 5.75 Å². The van der Waals surface area contributed by atoms with Gasteiger partial charge in [0.05, 0.1) is 12.1 Å². The molecule has 4 saturated carbocycles. The van der Waals surface area contributed by atoms with Gasteiger partial charge < -0.3 is 10.1 Å². The Kier molecular flexibility index (Phi) is 5.06. The molecule has 0 atom stereocenters. The minimum atomic E-state index is -0.284. The molecule has 4 aliphatic rings. The predicted octanol–water partition coefficient (Wildman–Crippen LogP) is 4.74. The van der Waals surface area contributed by atoms with Crippen LogP contribution >= 0.6 is 11.3 Å². The van der Waals surface area contributed by atoms with Crippen LogP contribution in [0.5, 0.6) is 5.75 Å². The first-order valence-corrected chi connectivity index (χ1v) is 11.5. The third kappa shape index (κ3) is 4.32. The number of benzene rings is 1. The summed E-state index contributed by atoms with van der Waals surface area (Å²) in [5, 5.41) is 5.96. The van der Waals surface area contributed by atoms with Crippen LogP contribution in [0.2, 0.25) is 0 Å². The van der Waals surface area contributed by atoms with Crippen molar-refractivity contribution in [3.63, 3.8) is 0 Å². The summed E-state index contributed by atoms with van der Waals surface area (Å²) in [5.74, 6) is 3.10. The van der Waals surface area contributed by atoms with Crippen LogP contribution < -0.4 is 10.1 Å². The molecule has 4 aliphatic carbocycles. The SMILES string of the molecule is O=C(Cc1csc(COc2ccc(F)cc2)n1)NCC12CC3CC(CC(C3)C1)C2. The number of hydrogen-bond donors (Lipinski definition) is 1. The van der Waals surface area contributed by atoms with Crippen molar-refractivity contribution in [1.29, 1.82) is 0 Å². The lowest BCUT2D eigenvalue weighted by Gasteiger charge is -2.56. The van der Waals surface area contributed by atoms with E-state index >= 15 is 0 Å². The maximum Gasteiger partial charge on any atom is 0.226 e. The van der Waals surface area contributed by atoms with E-state index in [9.17, 15) is 9.18 Å². The monoisotopic (exact) mass is 414 g/mol. The van der Waals surface area contributed by atoms with Crippen molar-refractivity contribution in [1.82, 2.24) is 10.3 Å². The summed E-state index contributed by atoms with van der Waals surface area (Å²) in [5.41, 5.74) is 1.15. The lowest BCUT2D eigenvalue weighted by atomic mass is 9.49. The largest absolute Gasteiger partial charge is 0.486 e. The minimum Gasteiger partial charge on any atom is -0.486 e. The molecule has 6 heteroatoms. The molecular formula is C23H27FN2O2S. The quantitative estimate of drug-likeness (QED) is 0.712. The molecule has 0 aliphatic heterocycles. The molecule has 1 aromatic carbocycles. The normalized spacial score (nSPS) is 29.8. The molecule has 4 fully saturated rings. The second-order valence-electron chi connectivity index (χ2n) is 9.35. The fraction of sp³-hybridized carbons (Fsp3) is 0.565. The van der Waals surface area contributed by atoms with Gasteiger partial charge in [-0.1, -0.05) is 0 Å². The number of halogens is 1. The Balaban J connectivity index is 1.10. The number of rotatable bonds is 7. The number of carbonyl (C=O) groups excluding carboxylic acids is 1. The highest BCUT2D eigenvalue weighted by Crippen LogP contribution is 2.59. The van der Waals surface area contributed by atoms with E-state index in [0.29, 0.717) is 24.2 Å². The van der Waals surface area contributed by atoms with Crippen LogP contribution in [0.15, 0.2) is 29.6 Å². The number of nitrogens with one attached hydrogen (secondary N) is 1. The Bertz CT molecular complexity index is 844. The van der Waals surface area contributed by atoms with Crippen molar-refractivity contribution in [2.45, 2.75) is 51.6 Å². The first-order valence-electron chi connectivity index (χ1n) is 10.6. The summed E-state index contributed by atoms with van der Waals surface area (Å²) < 4.78 is 18.6. The van der Waals surface area contributed by atoms with Gasteiger partial charge in [0.1, 0.15) is 23.2 Å². The fourth-order valence-corrected chi connectivity index (χ4v) is 6.90. The van der Waals surface area contributed by atoms with Crippen LogP contribution in [0, 0.1) is 29.0 Å². The Hall–Kier alpha value is -1.95. The zero-order valence-electron chi connectivity index (χ0n) is 16.5. The average molecular weight is 415 g/mol. The summed E-state index contributed by atoms with van der Waals surface area (Å²) in [6.07, 6.45) is 8.51. The van der Waals surface area contributed by atoms with Crippen molar-refractivity contribution in [2.24, 2.45) is 23.2 Å². The van der Waals surface area contributed by atoms with Crippen LogP contribution in [0.4, 0.5) is 4.39 Å². The number of amides is 1. The maximum absolute atomic E-state index is 12.9. The van der Waals surface area contributed by atoms with E-state index in [0.717, 1.165) is 35.0 Å². The van der Waals surface area contributed by atoms with Gasteiger partial charge in [-0.25, -0.2) is 9.37 Å². The molecule has 154 valence electrons. The molecule has 0 saturated heterocycles. The van der Waals surface area contributed by atoms with Gasteiger partial charge in [-0.15, -0.1) is 11.3 Å². The van der Waals surface area contributed by atoms with Gasteiger partial charge in [0, 0.05) is 11.9 Å². The Morgan fingerprint density at radius 3 is 2.45 bits per heavy atom. The van der Waals surface area contributed by atoms with Crippen molar-refractivity contribution in [3.05, 3.63) is 46.2 Å². The second-order valence-corrected chi connectivity index (χ2v) is 10.3. The molecule has 0 unspecified atom stereocenters. The molecule has 29 heavy (non-hydrogen) atoms. The lowest BCUT2D eigenvalue weighted by Crippen LogP contribution is -2.51. The third-order valence-corrected chi connectivity index (χ3v) is 7.81. The molecule has 4 bridgehead atoms. The van der Waals surface area contributed by atoms with Gasteiger partial charge in [0.15, 0.2) is 0 Å². The molecule has 1 amide bonds. The smallest absolute Gasteiger partial charge is 0.226 e. The predicted molar refractivity (Wildman–Crippen MR) is 110 cm³/mol. The number of aromatic nitrogens is 1. The van der Waals surface area contributed by atoms with Crippen LogP contribution in [0.25, 0.3) is 0 Å².